The van der Waals surface area contributed by atoms with E-state index in [0.717, 1.165) is 25.8 Å². The Labute approximate surface area is 160 Å². The van der Waals surface area contributed by atoms with Gasteiger partial charge < -0.3 is 14.6 Å². The van der Waals surface area contributed by atoms with Crippen LogP contribution in [0.4, 0.5) is 0 Å². The number of carbonyl (C=O) groups excluding carboxylic acids is 3. The van der Waals surface area contributed by atoms with Gasteiger partial charge in [0.15, 0.2) is 12.4 Å². The van der Waals surface area contributed by atoms with Gasteiger partial charge >= 0.3 is 5.97 Å². The fraction of sp³-hybridized carbons (Fsp3) is 0.667. The predicted octanol–water partition coefficient (Wildman–Crippen LogP) is 3.42. The largest absolute Gasteiger partial charge is 0.451 e. The molecule has 1 saturated heterocycles. The lowest BCUT2D eigenvalue weighted by Crippen LogP contribution is -2.39. The van der Waals surface area contributed by atoms with Crippen molar-refractivity contribution in [2.45, 2.75) is 66.8 Å². The third-order valence-corrected chi connectivity index (χ3v) is 6.06. The molecule has 1 aliphatic heterocycles. The van der Waals surface area contributed by atoms with Gasteiger partial charge in [-0.1, -0.05) is 20.8 Å². The van der Waals surface area contributed by atoms with E-state index in [-0.39, 0.29) is 40.9 Å². The number of carbonyl (C=O) groups is 3. The second-order valence-electron chi connectivity index (χ2n) is 9.49. The van der Waals surface area contributed by atoms with E-state index in [0.29, 0.717) is 16.8 Å². The first kappa shape index (κ1) is 19.6. The summed E-state index contributed by atoms with van der Waals surface area (Å²) in [5.41, 5.74) is 2.35. The lowest BCUT2D eigenvalue weighted by Gasteiger charge is -2.39. The molecule has 2 heterocycles. The molecule has 1 aliphatic carbocycles. The monoisotopic (exact) mass is 374 g/mol. The van der Waals surface area contributed by atoms with Gasteiger partial charge in [0.25, 0.3) is 5.91 Å². The van der Waals surface area contributed by atoms with Crippen LogP contribution in [0.25, 0.3) is 0 Å². The minimum Gasteiger partial charge on any atom is -0.451 e. The molecule has 1 aromatic heterocycles. The van der Waals surface area contributed by atoms with E-state index in [1.807, 2.05) is 4.90 Å². The standard InChI is InChI=1S/C21H30N2O4/c1-12-17(14(3)24)13(2)22-18(12)19(26)27-9-16(25)23-11-21(6)8-15(23)7-20(4,5)10-21/h15,22H,7-11H2,1-6H3/t15-,21-/m0/s1. The molecule has 0 radical (unpaired) electrons. The van der Waals surface area contributed by atoms with Crippen LogP contribution in [0.2, 0.25) is 0 Å². The lowest BCUT2D eigenvalue weighted by molar-refractivity contribution is -0.135. The molecule has 1 N–H and O–H groups in total. The average Bonchev–Trinajstić information content (AvgIpc) is 2.96. The van der Waals surface area contributed by atoms with Crippen LogP contribution in [0.1, 0.15) is 79.1 Å². The number of ether oxygens (including phenoxy) is 1. The van der Waals surface area contributed by atoms with Crippen molar-refractivity contribution in [2.24, 2.45) is 10.8 Å². The van der Waals surface area contributed by atoms with E-state index in [1.165, 1.54) is 6.92 Å². The second-order valence-corrected chi connectivity index (χ2v) is 9.49. The fourth-order valence-corrected chi connectivity index (χ4v) is 5.52. The molecular weight excluding hydrogens is 344 g/mol. The highest BCUT2D eigenvalue weighted by molar-refractivity contribution is 6.01. The molecule has 6 nitrogen and oxygen atoms in total. The number of fused-ring (bicyclic) bond motifs is 2. The first-order valence-corrected chi connectivity index (χ1v) is 9.59. The maximum atomic E-state index is 12.7. The smallest absolute Gasteiger partial charge is 0.355 e. The van der Waals surface area contributed by atoms with Gasteiger partial charge in [-0.2, -0.15) is 0 Å². The van der Waals surface area contributed by atoms with Crippen molar-refractivity contribution in [1.82, 2.24) is 9.88 Å². The third-order valence-electron chi connectivity index (χ3n) is 6.06. The molecule has 1 amide bonds. The molecule has 0 aromatic carbocycles. The quantitative estimate of drug-likeness (QED) is 0.647. The van der Waals surface area contributed by atoms with Gasteiger partial charge in [-0.25, -0.2) is 4.79 Å². The average molecular weight is 374 g/mol. The Balaban J connectivity index is 1.66. The summed E-state index contributed by atoms with van der Waals surface area (Å²) in [6.45, 7) is 12.2. The van der Waals surface area contributed by atoms with Gasteiger partial charge in [0.1, 0.15) is 5.69 Å². The zero-order valence-electron chi connectivity index (χ0n) is 17.2. The number of Topliss-reactive ketones (excluding diaryl/α,β-unsaturated/α-hetero) is 1. The zero-order valence-corrected chi connectivity index (χ0v) is 17.2. The fourth-order valence-electron chi connectivity index (χ4n) is 5.52. The maximum absolute atomic E-state index is 12.7. The van der Waals surface area contributed by atoms with Crippen molar-refractivity contribution in [3.63, 3.8) is 0 Å². The van der Waals surface area contributed by atoms with E-state index in [4.69, 9.17) is 4.74 Å². The molecule has 148 valence electrons. The van der Waals surface area contributed by atoms with Gasteiger partial charge in [-0.05, 0) is 56.4 Å². The highest BCUT2D eigenvalue weighted by atomic mass is 16.5. The molecule has 27 heavy (non-hydrogen) atoms. The van der Waals surface area contributed by atoms with E-state index in [2.05, 4.69) is 25.8 Å². The summed E-state index contributed by atoms with van der Waals surface area (Å²) in [4.78, 5) is 41.7. The third kappa shape index (κ3) is 3.66. The summed E-state index contributed by atoms with van der Waals surface area (Å²) in [5, 5.41) is 0. The molecule has 0 unspecified atom stereocenters. The SMILES string of the molecule is CC(=O)c1c(C)[nH]c(C(=O)OCC(=O)N2C[C@@]3(C)C[C@@H]2CC(C)(C)C3)c1C. The molecule has 1 aromatic rings. The Morgan fingerprint density at radius 1 is 1.19 bits per heavy atom. The minimum absolute atomic E-state index is 0.100. The number of aryl methyl sites for hydroxylation is 1. The zero-order chi connectivity index (χ0) is 20.1. The Morgan fingerprint density at radius 2 is 1.85 bits per heavy atom. The highest BCUT2D eigenvalue weighted by Crippen LogP contribution is 2.52. The number of esters is 1. The first-order valence-electron chi connectivity index (χ1n) is 9.59. The number of hydrogen-bond acceptors (Lipinski definition) is 4. The summed E-state index contributed by atoms with van der Waals surface area (Å²) in [6.07, 6.45) is 3.11. The highest BCUT2D eigenvalue weighted by Gasteiger charge is 2.50. The summed E-state index contributed by atoms with van der Waals surface area (Å²) in [6, 6.07) is 0.226. The number of aromatic nitrogens is 1. The normalized spacial score (nSPS) is 26.1. The number of nitrogens with zero attached hydrogens (tertiary/aromatic N) is 1. The molecule has 2 fully saturated rings. The number of amides is 1. The molecule has 0 spiro atoms. The number of nitrogens with one attached hydrogen (secondary N) is 1. The molecule has 6 heteroatoms. The van der Waals surface area contributed by atoms with Crippen LogP contribution >= 0.6 is 0 Å². The van der Waals surface area contributed by atoms with Crippen LogP contribution in [0, 0.1) is 24.7 Å². The van der Waals surface area contributed by atoms with E-state index in [1.54, 1.807) is 13.8 Å². The molecule has 2 atom stereocenters. The van der Waals surface area contributed by atoms with Crippen LogP contribution in [-0.2, 0) is 9.53 Å². The molecule has 2 aliphatic rings. The van der Waals surface area contributed by atoms with E-state index in [9.17, 15) is 14.4 Å². The maximum Gasteiger partial charge on any atom is 0.355 e. The van der Waals surface area contributed by atoms with Gasteiger partial charge in [-0.3, -0.25) is 9.59 Å². The Kier molecular flexibility index (Phi) is 4.73. The van der Waals surface area contributed by atoms with Crippen LogP contribution in [-0.4, -0.2) is 46.7 Å². The topological polar surface area (TPSA) is 79.5 Å². The van der Waals surface area contributed by atoms with Crippen molar-refractivity contribution in [1.29, 1.82) is 0 Å². The van der Waals surface area contributed by atoms with E-state index >= 15 is 0 Å². The van der Waals surface area contributed by atoms with Crippen LogP contribution in [0.5, 0.6) is 0 Å². The first-order chi connectivity index (χ1) is 12.4. The van der Waals surface area contributed by atoms with Gasteiger partial charge in [0.2, 0.25) is 0 Å². The number of H-pyrrole nitrogens is 1. The number of likely N-dealkylation sites (tertiary alicyclic amines) is 1. The number of hydrogen-bond donors (Lipinski definition) is 1. The van der Waals surface area contributed by atoms with Crippen LogP contribution in [0.15, 0.2) is 0 Å². The number of aromatic amines is 1. The summed E-state index contributed by atoms with van der Waals surface area (Å²) in [7, 11) is 0. The van der Waals surface area contributed by atoms with E-state index < -0.39 is 5.97 Å². The minimum atomic E-state index is -0.592. The van der Waals surface area contributed by atoms with Gasteiger partial charge in [0, 0.05) is 23.8 Å². The number of ketones is 1. The van der Waals surface area contributed by atoms with Crippen molar-refractivity contribution in [2.75, 3.05) is 13.2 Å². The van der Waals surface area contributed by atoms with Crippen molar-refractivity contribution < 1.29 is 19.1 Å². The molecule has 1 saturated carbocycles. The van der Waals surface area contributed by atoms with Crippen molar-refractivity contribution >= 4 is 17.7 Å². The van der Waals surface area contributed by atoms with Gasteiger partial charge in [0.05, 0.1) is 0 Å². The van der Waals surface area contributed by atoms with Crippen molar-refractivity contribution in [3.05, 3.63) is 22.5 Å². The van der Waals surface area contributed by atoms with Crippen LogP contribution in [0.3, 0.4) is 0 Å². The number of rotatable bonds is 4. The predicted molar refractivity (Wildman–Crippen MR) is 102 cm³/mol. The molecule has 2 bridgehead atoms. The Morgan fingerprint density at radius 3 is 2.44 bits per heavy atom. The Hall–Kier alpha value is -2.11. The molecule has 3 rings (SSSR count). The summed E-state index contributed by atoms with van der Waals surface area (Å²) >= 11 is 0. The lowest BCUT2D eigenvalue weighted by atomic mass is 9.65. The van der Waals surface area contributed by atoms with Gasteiger partial charge in [-0.15, -0.1) is 0 Å². The Bertz CT molecular complexity index is 807. The summed E-state index contributed by atoms with van der Waals surface area (Å²) in [5.74, 6) is -0.829. The van der Waals surface area contributed by atoms with Crippen LogP contribution < -0.4 is 0 Å². The van der Waals surface area contributed by atoms with Crippen molar-refractivity contribution in [3.8, 4) is 0 Å². The second kappa shape index (κ2) is 6.50. The molecular formula is C21H30N2O4. The summed E-state index contributed by atoms with van der Waals surface area (Å²) < 4.78 is 5.29.